The summed E-state index contributed by atoms with van der Waals surface area (Å²) in [7, 11) is 2.11. The molecule has 0 saturated carbocycles. The van der Waals surface area contributed by atoms with Crippen molar-refractivity contribution in [3.63, 3.8) is 0 Å². The van der Waals surface area contributed by atoms with Crippen molar-refractivity contribution in [2.24, 2.45) is 0 Å². The fraction of sp³-hybridized carbons (Fsp3) is 0.533. The van der Waals surface area contributed by atoms with Gasteiger partial charge < -0.3 is 4.90 Å². The predicted molar refractivity (Wildman–Crippen MR) is 72.5 cm³/mol. The molecule has 0 aliphatic carbocycles. The number of benzene rings is 1. The second kappa shape index (κ2) is 5.02. The molecule has 2 heterocycles. The van der Waals surface area contributed by atoms with Gasteiger partial charge in [0.15, 0.2) is 11.6 Å². The van der Waals surface area contributed by atoms with Gasteiger partial charge in [-0.05, 0) is 38.4 Å². The molecule has 0 spiro atoms. The molecule has 2 saturated heterocycles. The Morgan fingerprint density at radius 3 is 2.65 bits per heavy atom. The van der Waals surface area contributed by atoms with E-state index in [1.54, 1.807) is 6.07 Å². The number of rotatable bonds is 1. The van der Waals surface area contributed by atoms with E-state index >= 15 is 0 Å². The summed E-state index contributed by atoms with van der Waals surface area (Å²) in [4.78, 5) is 4.28. The molecule has 0 aromatic heterocycles. The Hall–Kier alpha value is -1.67. The van der Waals surface area contributed by atoms with E-state index in [0.29, 0.717) is 12.1 Å². The third-order valence-electron chi connectivity index (χ3n) is 4.67. The highest BCUT2D eigenvalue weighted by atomic mass is 19.2. The third-order valence-corrected chi connectivity index (χ3v) is 4.67. The Kier molecular flexibility index (Phi) is 3.35. The molecule has 2 unspecified atom stereocenters. The Labute approximate surface area is 117 Å². The van der Waals surface area contributed by atoms with E-state index < -0.39 is 11.6 Å². The van der Waals surface area contributed by atoms with Gasteiger partial charge in [-0.15, -0.1) is 0 Å². The van der Waals surface area contributed by atoms with Gasteiger partial charge in [0.25, 0.3) is 0 Å². The average molecular weight is 277 g/mol. The van der Waals surface area contributed by atoms with Gasteiger partial charge in [-0.2, -0.15) is 5.26 Å². The van der Waals surface area contributed by atoms with Crippen molar-refractivity contribution in [2.45, 2.75) is 31.3 Å². The molecule has 1 aromatic carbocycles. The lowest BCUT2D eigenvalue weighted by Gasteiger charge is -2.28. The number of nitriles is 1. The highest BCUT2D eigenvalue weighted by molar-refractivity contribution is 5.52. The van der Waals surface area contributed by atoms with E-state index in [2.05, 4.69) is 11.9 Å². The first-order valence-electron chi connectivity index (χ1n) is 6.96. The molecule has 1 aromatic rings. The lowest BCUT2D eigenvalue weighted by Crippen LogP contribution is -2.37. The summed E-state index contributed by atoms with van der Waals surface area (Å²) in [6.07, 6.45) is 3.27. The third kappa shape index (κ3) is 2.04. The zero-order chi connectivity index (χ0) is 14.3. The number of likely N-dealkylation sites (N-methyl/N-ethyl adjacent to an activating group) is 1. The SMILES string of the molecule is CN1C2CCC1CN(c1ccc(C#N)c(F)c1F)CC2. The minimum atomic E-state index is -1.03. The number of hydrogen-bond donors (Lipinski definition) is 0. The molecule has 2 aliphatic rings. The minimum Gasteiger partial charge on any atom is -0.367 e. The predicted octanol–water partition coefficient (Wildman–Crippen LogP) is 2.51. The van der Waals surface area contributed by atoms with E-state index in [-0.39, 0.29) is 11.3 Å². The van der Waals surface area contributed by atoms with Crippen molar-refractivity contribution in [3.05, 3.63) is 29.3 Å². The van der Waals surface area contributed by atoms with E-state index in [1.807, 2.05) is 4.90 Å². The van der Waals surface area contributed by atoms with Gasteiger partial charge in [0.1, 0.15) is 6.07 Å². The molecule has 2 bridgehead atoms. The molecule has 0 radical (unpaired) electrons. The normalized spacial score (nSPS) is 26.4. The van der Waals surface area contributed by atoms with Crippen LogP contribution < -0.4 is 4.90 Å². The van der Waals surface area contributed by atoms with Gasteiger partial charge in [-0.3, -0.25) is 4.90 Å². The maximum Gasteiger partial charge on any atom is 0.183 e. The molecule has 2 aliphatic heterocycles. The van der Waals surface area contributed by atoms with Gasteiger partial charge in [0.05, 0.1) is 11.3 Å². The van der Waals surface area contributed by atoms with Crippen LogP contribution in [0.4, 0.5) is 14.5 Å². The van der Waals surface area contributed by atoms with E-state index in [4.69, 9.17) is 5.26 Å². The molecule has 20 heavy (non-hydrogen) atoms. The smallest absolute Gasteiger partial charge is 0.183 e. The van der Waals surface area contributed by atoms with Crippen molar-refractivity contribution in [2.75, 3.05) is 25.0 Å². The van der Waals surface area contributed by atoms with E-state index in [0.717, 1.165) is 25.9 Å². The summed E-state index contributed by atoms with van der Waals surface area (Å²) in [6, 6.07) is 5.51. The zero-order valence-corrected chi connectivity index (χ0v) is 11.4. The Morgan fingerprint density at radius 2 is 1.90 bits per heavy atom. The standard InChI is InChI=1S/C15H17F2N3/c1-19-11-3-4-12(19)9-20(7-6-11)13-5-2-10(8-18)14(16)15(13)17/h2,5,11-12H,3-4,6-7,9H2,1H3. The Bertz CT molecular complexity index is 567. The van der Waals surface area contributed by atoms with Gasteiger partial charge in [-0.1, -0.05) is 0 Å². The molecular weight excluding hydrogens is 260 g/mol. The summed E-state index contributed by atoms with van der Waals surface area (Å²) in [5, 5.41) is 8.73. The van der Waals surface area contributed by atoms with Crippen LogP contribution in [-0.4, -0.2) is 37.1 Å². The number of nitrogens with zero attached hydrogens (tertiary/aromatic N) is 3. The summed E-state index contributed by atoms with van der Waals surface area (Å²) in [6.45, 7) is 1.45. The summed E-state index contributed by atoms with van der Waals surface area (Å²) in [5.74, 6) is -1.93. The van der Waals surface area contributed by atoms with Crippen molar-refractivity contribution >= 4 is 5.69 Å². The van der Waals surface area contributed by atoms with E-state index in [1.165, 1.54) is 18.6 Å². The number of halogens is 2. The van der Waals surface area contributed by atoms with Crippen LogP contribution in [-0.2, 0) is 0 Å². The van der Waals surface area contributed by atoms with Gasteiger partial charge in [0.2, 0.25) is 0 Å². The zero-order valence-electron chi connectivity index (χ0n) is 11.4. The topological polar surface area (TPSA) is 30.3 Å². The van der Waals surface area contributed by atoms with Crippen LogP contribution in [0.3, 0.4) is 0 Å². The van der Waals surface area contributed by atoms with Crippen LogP contribution >= 0.6 is 0 Å². The maximum absolute atomic E-state index is 14.1. The second-order valence-electron chi connectivity index (χ2n) is 5.66. The Balaban J connectivity index is 1.90. The largest absolute Gasteiger partial charge is 0.367 e. The molecule has 0 amide bonds. The van der Waals surface area contributed by atoms with Gasteiger partial charge >= 0.3 is 0 Å². The second-order valence-corrected chi connectivity index (χ2v) is 5.66. The monoisotopic (exact) mass is 277 g/mol. The van der Waals surface area contributed by atoms with E-state index in [9.17, 15) is 8.78 Å². The first-order valence-corrected chi connectivity index (χ1v) is 6.96. The number of hydrogen-bond acceptors (Lipinski definition) is 3. The molecule has 3 rings (SSSR count). The molecule has 2 fully saturated rings. The Morgan fingerprint density at radius 1 is 1.15 bits per heavy atom. The van der Waals surface area contributed by atoms with Gasteiger partial charge in [-0.25, -0.2) is 8.78 Å². The lowest BCUT2D eigenvalue weighted by atomic mass is 10.1. The lowest BCUT2D eigenvalue weighted by molar-refractivity contribution is 0.254. The molecule has 106 valence electrons. The average Bonchev–Trinajstić information content (AvgIpc) is 2.68. The van der Waals surface area contributed by atoms with Crippen LogP contribution in [0.1, 0.15) is 24.8 Å². The first-order chi connectivity index (χ1) is 9.61. The summed E-state index contributed by atoms with van der Waals surface area (Å²) >= 11 is 0. The quantitative estimate of drug-likeness (QED) is 0.790. The van der Waals surface area contributed by atoms with Crippen LogP contribution in [0.25, 0.3) is 0 Å². The molecule has 0 N–H and O–H groups in total. The summed E-state index contributed by atoms with van der Waals surface area (Å²) < 4.78 is 27.9. The van der Waals surface area contributed by atoms with Crippen LogP contribution in [0.5, 0.6) is 0 Å². The minimum absolute atomic E-state index is 0.236. The molecular formula is C15H17F2N3. The van der Waals surface area contributed by atoms with Crippen molar-refractivity contribution in [3.8, 4) is 6.07 Å². The van der Waals surface area contributed by atoms with Crippen molar-refractivity contribution in [1.29, 1.82) is 5.26 Å². The van der Waals surface area contributed by atoms with Crippen LogP contribution in [0.15, 0.2) is 12.1 Å². The number of fused-ring (bicyclic) bond motifs is 2. The van der Waals surface area contributed by atoms with Crippen LogP contribution in [0, 0.1) is 23.0 Å². The molecule has 3 nitrogen and oxygen atoms in total. The highest BCUT2D eigenvalue weighted by Gasteiger charge is 2.35. The maximum atomic E-state index is 14.1. The molecule has 2 atom stereocenters. The summed E-state index contributed by atoms with van der Waals surface area (Å²) in [5.41, 5.74) is 0.0437. The number of anilines is 1. The first kappa shape index (κ1) is 13.3. The van der Waals surface area contributed by atoms with Crippen molar-refractivity contribution in [1.82, 2.24) is 4.90 Å². The van der Waals surface area contributed by atoms with Crippen LogP contribution in [0.2, 0.25) is 0 Å². The fourth-order valence-electron chi connectivity index (χ4n) is 3.40. The van der Waals surface area contributed by atoms with Gasteiger partial charge in [0, 0.05) is 25.2 Å². The highest BCUT2D eigenvalue weighted by Crippen LogP contribution is 2.32. The fourth-order valence-corrected chi connectivity index (χ4v) is 3.40. The molecule has 5 heteroatoms. The van der Waals surface area contributed by atoms with Crippen molar-refractivity contribution < 1.29 is 8.78 Å².